The molecule has 0 aliphatic carbocycles. The van der Waals surface area contributed by atoms with Crippen molar-refractivity contribution in [1.29, 1.82) is 0 Å². The number of fused-ring (bicyclic) bond motifs is 11. The first-order chi connectivity index (χ1) is 19.8. The topological polar surface area (TPSA) is 22.2 Å². The first-order valence-corrected chi connectivity index (χ1v) is 13.7. The zero-order valence-electron chi connectivity index (χ0n) is 21.6. The third-order valence-corrected chi connectivity index (χ3v) is 8.26. The fourth-order valence-electron chi connectivity index (χ4n) is 6.50. The quantitative estimate of drug-likeness (QED) is 0.213. The Labute approximate surface area is 230 Å². The number of hydrogen-bond donors (Lipinski definition) is 0. The van der Waals surface area contributed by atoms with Crippen LogP contribution in [-0.2, 0) is 0 Å². The highest BCUT2D eigenvalue weighted by Gasteiger charge is 2.18. The van der Waals surface area contributed by atoms with Crippen molar-refractivity contribution in [2.45, 2.75) is 0 Å². The molecule has 0 unspecified atom stereocenters. The van der Waals surface area contributed by atoms with Crippen molar-refractivity contribution >= 4 is 60.2 Å². The summed E-state index contributed by atoms with van der Waals surface area (Å²) in [6.07, 6.45) is 0. The fourth-order valence-corrected chi connectivity index (χ4v) is 6.50. The van der Waals surface area contributed by atoms with E-state index in [1.54, 1.807) is 0 Å². The van der Waals surface area contributed by atoms with Gasteiger partial charge in [-0.05, 0) is 65.0 Å². The summed E-state index contributed by atoms with van der Waals surface area (Å²) in [5, 5.41) is 6.09. The number of hydrogen-bond acceptors (Lipinski definition) is 1. The van der Waals surface area contributed by atoms with Crippen LogP contribution >= 0.6 is 0 Å². The van der Waals surface area contributed by atoms with E-state index in [0.29, 0.717) is 0 Å². The van der Waals surface area contributed by atoms with E-state index >= 15 is 0 Å². The van der Waals surface area contributed by atoms with Crippen LogP contribution in [0.1, 0.15) is 0 Å². The zero-order valence-corrected chi connectivity index (χ0v) is 21.6. The van der Waals surface area contributed by atoms with Gasteiger partial charge in [-0.15, -0.1) is 0 Å². The molecule has 0 fully saturated rings. The molecule has 6 aromatic carbocycles. The molecule has 0 N–H and O–H groups in total. The molecule has 0 spiro atoms. The summed E-state index contributed by atoms with van der Waals surface area (Å²) in [5.41, 5.74) is 10.3. The van der Waals surface area contributed by atoms with Crippen molar-refractivity contribution in [3.8, 4) is 16.8 Å². The molecule has 9 aromatic rings. The SMILES string of the molecule is c1ccc(-c2cccc(-n3c4ccccc4c4cc5c(cc43)c3ccccc3n3c4ccccc4nc53)c2)cc1. The highest BCUT2D eigenvalue weighted by Crippen LogP contribution is 2.39. The van der Waals surface area contributed by atoms with Crippen LogP contribution in [0.25, 0.3) is 77.0 Å². The summed E-state index contributed by atoms with van der Waals surface area (Å²) in [6, 6.07) is 50.1. The Morgan fingerprint density at radius 3 is 1.93 bits per heavy atom. The van der Waals surface area contributed by atoms with Gasteiger partial charge in [-0.25, -0.2) is 4.98 Å². The molecule has 0 aliphatic heterocycles. The molecule has 3 heteroatoms. The van der Waals surface area contributed by atoms with Crippen LogP contribution in [0.4, 0.5) is 0 Å². The van der Waals surface area contributed by atoms with Gasteiger partial charge in [0.15, 0.2) is 0 Å². The number of rotatable bonds is 2. The van der Waals surface area contributed by atoms with Crippen molar-refractivity contribution in [2.24, 2.45) is 0 Å². The van der Waals surface area contributed by atoms with Crippen LogP contribution in [-0.4, -0.2) is 14.0 Å². The lowest BCUT2D eigenvalue weighted by Crippen LogP contribution is -1.95. The molecule has 3 nitrogen and oxygen atoms in total. The average molecular weight is 510 g/mol. The van der Waals surface area contributed by atoms with Crippen molar-refractivity contribution in [3.63, 3.8) is 0 Å². The molecule has 3 heterocycles. The molecule has 0 atom stereocenters. The number of nitrogens with zero attached hydrogens (tertiary/aromatic N) is 3. The lowest BCUT2D eigenvalue weighted by atomic mass is 10.0. The monoisotopic (exact) mass is 509 g/mol. The summed E-state index contributed by atoms with van der Waals surface area (Å²) in [7, 11) is 0. The Bertz CT molecular complexity index is 2430. The molecular weight excluding hydrogens is 486 g/mol. The molecule has 3 aromatic heterocycles. The normalized spacial score (nSPS) is 12.0. The van der Waals surface area contributed by atoms with Gasteiger partial charge in [0.05, 0.1) is 27.6 Å². The van der Waals surface area contributed by atoms with E-state index in [2.05, 4.69) is 148 Å². The van der Waals surface area contributed by atoms with E-state index in [1.165, 1.54) is 54.6 Å². The van der Waals surface area contributed by atoms with Crippen LogP contribution in [0, 0.1) is 0 Å². The maximum Gasteiger partial charge on any atom is 0.146 e. The Balaban J connectivity index is 1.45. The summed E-state index contributed by atoms with van der Waals surface area (Å²) < 4.78 is 4.74. The third kappa shape index (κ3) is 2.92. The lowest BCUT2D eigenvalue weighted by molar-refractivity contribution is 1.18. The summed E-state index contributed by atoms with van der Waals surface area (Å²) in [6.45, 7) is 0. The predicted octanol–water partition coefficient (Wildman–Crippen LogP) is 9.56. The summed E-state index contributed by atoms with van der Waals surface area (Å²) in [4.78, 5) is 5.15. The highest BCUT2D eigenvalue weighted by molar-refractivity contribution is 6.21. The molecule has 0 amide bonds. The van der Waals surface area contributed by atoms with Crippen LogP contribution in [0.15, 0.2) is 140 Å². The second-order valence-electron chi connectivity index (χ2n) is 10.5. The van der Waals surface area contributed by atoms with Crippen LogP contribution < -0.4 is 0 Å². The number of para-hydroxylation sites is 4. The minimum absolute atomic E-state index is 1.000. The van der Waals surface area contributed by atoms with E-state index in [0.717, 1.165) is 22.4 Å². The predicted molar refractivity (Wildman–Crippen MR) is 167 cm³/mol. The average Bonchev–Trinajstić information content (AvgIpc) is 3.57. The van der Waals surface area contributed by atoms with Gasteiger partial charge in [0.1, 0.15) is 5.65 Å². The Kier molecular flexibility index (Phi) is 4.33. The third-order valence-electron chi connectivity index (χ3n) is 8.26. The zero-order chi connectivity index (χ0) is 26.2. The Morgan fingerprint density at radius 2 is 1.07 bits per heavy atom. The molecule has 9 rings (SSSR count). The van der Waals surface area contributed by atoms with Crippen LogP contribution in [0.2, 0.25) is 0 Å². The minimum Gasteiger partial charge on any atom is -0.309 e. The second kappa shape index (κ2) is 8.05. The second-order valence-corrected chi connectivity index (χ2v) is 10.5. The van der Waals surface area contributed by atoms with E-state index in [9.17, 15) is 0 Å². The molecule has 0 bridgehead atoms. The molecule has 0 saturated heterocycles. The van der Waals surface area contributed by atoms with Gasteiger partial charge >= 0.3 is 0 Å². The highest BCUT2D eigenvalue weighted by atomic mass is 15.0. The smallest absolute Gasteiger partial charge is 0.146 e. The summed E-state index contributed by atoms with van der Waals surface area (Å²) >= 11 is 0. The largest absolute Gasteiger partial charge is 0.309 e. The first-order valence-electron chi connectivity index (χ1n) is 13.7. The molecule has 0 radical (unpaired) electrons. The standard InChI is InChI=1S/C37H23N3/c1-2-11-24(12-3-1)25-13-10-14-26(21-25)39-33-18-7-5-16-28(33)30-22-31-29(23-36(30)39)27-15-4-8-19-34(27)40-35-20-9-6-17-32(35)38-37(31)40/h1-23H. The fraction of sp³-hybridized carbons (Fsp3) is 0. The van der Waals surface area contributed by atoms with Crippen molar-refractivity contribution in [2.75, 3.05) is 0 Å². The Morgan fingerprint density at radius 1 is 0.400 bits per heavy atom. The van der Waals surface area contributed by atoms with E-state index in [1.807, 2.05) is 0 Å². The van der Waals surface area contributed by atoms with Crippen LogP contribution in [0.5, 0.6) is 0 Å². The lowest BCUT2D eigenvalue weighted by Gasteiger charge is -2.12. The van der Waals surface area contributed by atoms with Gasteiger partial charge in [0, 0.05) is 27.2 Å². The van der Waals surface area contributed by atoms with Gasteiger partial charge in [0.25, 0.3) is 0 Å². The maximum absolute atomic E-state index is 5.15. The first kappa shape index (κ1) is 21.5. The van der Waals surface area contributed by atoms with Gasteiger partial charge in [0.2, 0.25) is 0 Å². The van der Waals surface area contributed by atoms with Gasteiger partial charge in [-0.2, -0.15) is 0 Å². The molecule has 0 saturated carbocycles. The van der Waals surface area contributed by atoms with Gasteiger partial charge in [-0.3, -0.25) is 4.40 Å². The summed E-state index contributed by atoms with van der Waals surface area (Å²) in [5.74, 6) is 0. The van der Waals surface area contributed by atoms with Crippen molar-refractivity contribution < 1.29 is 0 Å². The van der Waals surface area contributed by atoms with Gasteiger partial charge < -0.3 is 4.57 Å². The molecule has 0 aliphatic rings. The van der Waals surface area contributed by atoms with Crippen LogP contribution in [0.3, 0.4) is 0 Å². The number of aromatic nitrogens is 3. The maximum atomic E-state index is 5.15. The van der Waals surface area contributed by atoms with E-state index < -0.39 is 0 Å². The Hall–Kier alpha value is -5.41. The number of pyridine rings is 1. The molecular formula is C37H23N3. The molecule has 186 valence electrons. The van der Waals surface area contributed by atoms with E-state index in [4.69, 9.17) is 4.98 Å². The minimum atomic E-state index is 1.000. The van der Waals surface area contributed by atoms with Gasteiger partial charge in [-0.1, -0.05) is 91.0 Å². The molecule has 40 heavy (non-hydrogen) atoms. The number of imidazole rings is 1. The van der Waals surface area contributed by atoms with Crippen molar-refractivity contribution in [1.82, 2.24) is 14.0 Å². The van der Waals surface area contributed by atoms with E-state index in [-0.39, 0.29) is 0 Å². The van der Waals surface area contributed by atoms with Crippen molar-refractivity contribution in [3.05, 3.63) is 140 Å². The number of benzene rings is 6.